The van der Waals surface area contributed by atoms with Gasteiger partial charge in [-0.3, -0.25) is 0 Å². The van der Waals surface area contributed by atoms with Crippen LogP contribution in [-0.4, -0.2) is 30.8 Å². The second-order valence-electron chi connectivity index (χ2n) is 6.01. The van der Waals surface area contributed by atoms with Gasteiger partial charge >= 0.3 is 6.09 Å². The third-order valence-corrected chi connectivity index (χ3v) is 2.85. The van der Waals surface area contributed by atoms with Gasteiger partial charge in [0.15, 0.2) is 0 Å². The number of nitrogens with one attached hydrogen (secondary N) is 2. The molecule has 0 heterocycles. The maximum Gasteiger partial charge on any atom is 0.407 e. The van der Waals surface area contributed by atoms with Gasteiger partial charge in [-0.1, -0.05) is 38.8 Å². The first-order valence-corrected chi connectivity index (χ1v) is 7.74. The summed E-state index contributed by atoms with van der Waals surface area (Å²) in [6, 6.07) is 0.596. The van der Waals surface area contributed by atoms with E-state index in [-0.39, 0.29) is 6.09 Å². The number of rotatable bonds is 9. The molecule has 118 valence electrons. The Hall–Kier alpha value is -1.03. The van der Waals surface area contributed by atoms with Crippen LogP contribution in [0.15, 0.2) is 12.2 Å². The van der Waals surface area contributed by atoms with Crippen molar-refractivity contribution in [2.45, 2.75) is 71.9 Å². The monoisotopic (exact) mass is 284 g/mol. The summed E-state index contributed by atoms with van der Waals surface area (Å²) >= 11 is 0. The van der Waals surface area contributed by atoms with Crippen molar-refractivity contribution in [2.24, 2.45) is 0 Å². The molecule has 2 N–H and O–H groups in total. The molecule has 4 heteroatoms. The molecule has 0 aliphatic heterocycles. The van der Waals surface area contributed by atoms with Crippen molar-refractivity contribution >= 4 is 6.09 Å². The molecular formula is C16H32N2O2. The molecule has 0 aromatic heterocycles. The molecule has 0 aromatic carbocycles. The van der Waals surface area contributed by atoms with E-state index in [9.17, 15) is 4.79 Å². The number of hydrogen-bond acceptors (Lipinski definition) is 3. The van der Waals surface area contributed by atoms with Crippen LogP contribution in [0.25, 0.3) is 0 Å². The molecule has 0 fully saturated rings. The Bertz CT molecular complexity index is 283. The van der Waals surface area contributed by atoms with E-state index in [2.05, 4.69) is 24.5 Å². The molecule has 0 rings (SSSR count). The minimum atomic E-state index is -0.441. The van der Waals surface area contributed by atoms with Gasteiger partial charge in [0.25, 0.3) is 0 Å². The van der Waals surface area contributed by atoms with E-state index in [0.29, 0.717) is 12.6 Å². The zero-order valence-corrected chi connectivity index (χ0v) is 13.8. The standard InChI is InChI=1S/C16H32N2O2/c1-6-8-11-14(7-2)17-12-9-10-13-18-15(19)20-16(3,4)5/h9-10,14,17H,6-8,11-13H2,1-5H3,(H,18,19)/b10-9+. The van der Waals surface area contributed by atoms with Gasteiger partial charge < -0.3 is 15.4 Å². The normalized spacial score (nSPS) is 13.4. The first-order valence-electron chi connectivity index (χ1n) is 7.74. The van der Waals surface area contributed by atoms with E-state index in [1.165, 1.54) is 19.3 Å². The van der Waals surface area contributed by atoms with Gasteiger partial charge in [-0.25, -0.2) is 4.79 Å². The third-order valence-electron chi connectivity index (χ3n) is 2.85. The topological polar surface area (TPSA) is 50.4 Å². The maximum absolute atomic E-state index is 11.4. The first-order chi connectivity index (χ1) is 9.39. The zero-order valence-electron chi connectivity index (χ0n) is 13.8. The number of amides is 1. The molecule has 0 spiro atoms. The fourth-order valence-corrected chi connectivity index (χ4v) is 1.76. The highest BCUT2D eigenvalue weighted by molar-refractivity contribution is 5.67. The molecule has 1 unspecified atom stereocenters. The van der Waals surface area contributed by atoms with E-state index in [4.69, 9.17) is 4.74 Å². The van der Waals surface area contributed by atoms with Crippen molar-refractivity contribution in [1.29, 1.82) is 0 Å². The summed E-state index contributed by atoms with van der Waals surface area (Å²) in [6.45, 7) is 11.3. The number of carbonyl (C=O) groups is 1. The highest BCUT2D eigenvalue weighted by Gasteiger charge is 2.14. The van der Waals surface area contributed by atoms with Crippen LogP contribution in [0.2, 0.25) is 0 Å². The molecule has 0 bridgehead atoms. The molecule has 0 aliphatic rings. The molecule has 0 saturated carbocycles. The minimum Gasteiger partial charge on any atom is -0.444 e. The Labute approximate surface area is 124 Å². The minimum absolute atomic E-state index is 0.371. The van der Waals surface area contributed by atoms with Gasteiger partial charge in [0.2, 0.25) is 0 Å². The molecule has 0 aromatic rings. The number of alkyl carbamates (subject to hydrolysis) is 1. The number of ether oxygens (including phenoxy) is 1. The van der Waals surface area contributed by atoms with Gasteiger partial charge in [0.05, 0.1) is 0 Å². The lowest BCUT2D eigenvalue weighted by Gasteiger charge is -2.19. The van der Waals surface area contributed by atoms with Gasteiger partial charge in [-0.05, 0) is 33.6 Å². The zero-order chi connectivity index (χ0) is 15.4. The van der Waals surface area contributed by atoms with Crippen LogP contribution >= 0.6 is 0 Å². The van der Waals surface area contributed by atoms with Crippen molar-refractivity contribution < 1.29 is 9.53 Å². The van der Waals surface area contributed by atoms with Crippen LogP contribution < -0.4 is 10.6 Å². The van der Waals surface area contributed by atoms with E-state index >= 15 is 0 Å². The van der Waals surface area contributed by atoms with Crippen molar-refractivity contribution in [3.8, 4) is 0 Å². The number of unbranched alkanes of at least 4 members (excludes halogenated alkanes) is 1. The molecule has 0 radical (unpaired) electrons. The number of carbonyl (C=O) groups excluding carboxylic acids is 1. The van der Waals surface area contributed by atoms with Crippen molar-refractivity contribution in [3.05, 3.63) is 12.2 Å². The summed E-state index contributed by atoms with van der Waals surface area (Å²) in [5.41, 5.74) is -0.441. The van der Waals surface area contributed by atoms with Crippen LogP contribution in [0, 0.1) is 0 Å². The van der Waals surface area contributed by atoms with E-state index in [1.54, 1.807) is 0 Å². The SMILES string of the molecule is CCCCC(CC)NC/C=C/CNC(=O)OC(C)(C)C. The number of hydrogen-bond donors (Lipinski definition) is 2. The molecule has 0 saturated heterocycles. The highest BCUT2D eigenvalue weighted by atomic mass is 16.6. The molecule has 4 nitrogen and oxygen atoms in total. The lowest BCUT2D eigenvalue weighted by atomic mass is 10.1. The summed E-state index contributed by atoms with van der Waals surface area (Å²) in [4.78, 5) is 11.4. The average molecular weight is 284 g/mol. The lowest BCUT2D eigenvalue weighted by molar-refractivity contribution is 0.0534. The van der Waals surface area contributed by atoms with Crippen molar-refractivity contribution in [3.63, 3.8) is 0 Å². The molecule has 20 heavy (non-hydrogen) atoms. The summed E-state index contributed by atoms with van der Waals surface area (Å²) in [7, 11) is 0. The van der Waals surface area contributed by atoms with Gasteiger partial charge in [-0.15, -0.1) is 0 Å². The second-order valence-corrected chi connectivity index (χ2v) is 6.01. The Morgan fingerprint density at radius 3 is 2.40 bits per heavy atom. The van der Waals surface area contributed by atoms with Crippen molar-refractivity contribution in [1.82, 2.24) is 10.6 Å². The van der Waals surface area contributed by atoms with Crippen LogP contribution in [0.4, 0.5) is 4.79 Å². The third kappa shape index (κ3) is 12.0. The van der Waals surface area contributed by atoms with Gasteiger partial charge in [0, 0.05) is 19.1 Å². The summed E-state index contributed by atoms with van der Waals surface area (Å²) in [6.07, 6.45) is 8.53. The summed E-state index contributed by atoms with van der Waals surface area (Å²) in [5.74, 6) is 0. The van der Waals surface area contributed by atoms with Crippen LogP contribution in [0.1, 0.15) is 60.3 Å². The Balaban J connectivity index is 3.68. The van der Waals surface area contributed by atoms with Crippen LogP contribution in [0.3, 0.4) is 0 Å². The Morgan fingerprint density at radius 2 is 1.85 bits per heavy atom. The smallest absolute Gasteiger partial charge is 0.407 e. The summed E-state index contributed by atoms with van der Waals surface area (Å²) < 4.78 is 5.14. The molecule has 0 aliphatic carbocycles. The van der Waals surface area contributed by atoms with Gasteiger partial charge in [0.1, 0.15) is 5.60 Å². The quantitative estimate of drug-likeness (QED) is 0.636. The van der Waals surface area contributed by atoms with Crippen molar-refractivity contribution in [2.75, 3.05) is 13.1 Å². The average Bonchev–Trinajstić information content (AvgIpc) is 2.35. The molecule has 1 atom stereocenters. The maximum atomic E-state index is 11.4. The molecule has 1 amide bonds. The predicted molar refractivity (Wildman–Crippen MR) is 85.0 cm³/mol. The highest BCUT2D eigenvalue weighted by Crippen LogP contribution is 2.06. The summed E-state index contributed by atoms with van der Waals surface area (Å²) in [5, 5.41) is 6.20. The van der Waals surface area contributed by atoms with E-state index in [0.717, 1.165) is 13.0 Å². The fraction of sp³-hybridized carbons (Fsp3) is 0.812. The second kappa shape index (κ2) is 10.7. The molecular weight excluding hydrogens is 252 g/mol. The lowest BCUT2D eigenvalue weighted by Crippen LogP contribution is -2.32. The first kappa shape index (κ1) is 19.0. The van der Waals surface area contributed by atoms with Gasteiger partial charge in [-0.2, -0.15) is 0 Å². The fourth-order valence-electron chi connectivity index (χ4n) is 1.76. The van der Waals surface area contributed by atoms with E-state index < -0.39 is 5.60 Å². The largest absolute Gasteiger partial charge is 0.444 e. The van der Waals surface area contributed by atoms with E-state index in [1.807, 2.05) is 32.9 Å². The van der Waals surface area contributed by atoms with Crippen LogP contribution in [0.5, 0.6) is 0 Å². The van der Waals surface area contributed by atoms with Crippen LogP contribution in [-0.2, 0) is 4.74 Å². The Morgan fingerprint density at radius 1 is 1.20 bits per heavy atom. The predicted octanol–water partition coefficient (Wildman–Crippen LogP) is 3.63. The Kier molecular flexibility index (Phi) is 10.2.